The fourth-order valence-corrected chi connectivity index (χ4v) is 1.84. The van der Waals surface area contributed by atoms with Crippen molar-refractivity contribution in [3.63, 3.8) is 0 Å². The van der Waals surface area contributed by atoms with Crippen LogP contribution in [0.15, 0.2) is 48.8 Å². The van der Waals surface area contributed by atoms with Crippen LogP contribution in [-0.4, -0.2) is 17.3 Å². The van der Waals surface area contributed by atoms with Crippen molar-refractivity contribution in [1.82, 2.24) is 0 Å². The average molecular weight is 287 g/mol. The van der Waals surface area contributed by atoms with E-state index in [0.717, 1.165) is 5.75 Å². The summed E-state index contributed by atoms with van der Waals surface area (Å²) in [5.74, 6) is 0.635. The number of non-ortho nitro benzene ring substituents is 1. The highest BCUT2D eigenvalue weighted by atomic mass is 16.6. The normalized spacial score (nSPS) is 10.1. The van der Waals surface area contributed by atoms with Gasteiger partial charge in [-0.05, 0) is 19.1 Å². The molecule has 1 aromatic carbocycles. The SMILES string of the molecule is CCOc1cc[n+](CC(=O)c2ccc([N+](=O)[O-])cc2)cc1. The van der Waals surface area contributed by atoms with Crippen molar-refractivity contribution in [2.24, 2.45) is 0 Å². The topological polar surface area (TPSA) is 73.3 Å². The molecule has 0 saturated carbocycles. The van der Waals surface area contributed by atoms with Crippen molar-refractivity contribution in [2.45, 2.75) is 13.5 Å². The summed E-state index contributed by atoms with van der Waals surface area (Å²) in [5, 5.41) is 10.6. The van der Waals surface area contributed by atoms with Crippen molar-refractivity contribution < 1.29 is 19.0 Å². The monoisotopic (exact) mass is 287 g/mol. The number of carbonyl (C=O) groups excluding carboxylic acids is 1. The van der Waals surface area contributed by atoms with Crippen molar-refractivity contribution in [2.75, 3.05) is 6.61 Å². The third-order valence-corrected chi connectivity index (χ3v) is 2.90. The molecule has 0 bridgehead atoms. The molecule has 2 aromatic rings. The molecule has 0 aliphatic rings. The van der Waals surface area contributed by atoms with Crippen LogP contribution in [0.25, 0.3) is 0 Å². The van der Waals surface area contributed by atoms with Crippen molar-refractivity contribution in [3.8, 4) is 5.75 Å². The van der Waals surface area contributed by atoms with Crippen LogP contribution in [0.5, 0.6) is 5.75 Å². The fourth-order valence-electron chi connectivity index (χ4n) is 1.84. The standard InChI is InChI=1S/C15H15N2O4/c1-2-21-14-7-9-16(10-8-14)11-15(18)12-3-5-13(6-4-12)17(19)20/h3-10H,2,11H2,1H3/q+1. The number of nitrogens with zero attached hydrogens (tertiary/aromatic N) is 2. The minimum atomic E-state index is -0.491. The van der Waals surface area contributed by atoms with E-state index in [1.165, 1.54) is 24.3 Å². The Balaban J connectivity index is 2.05. The molecule has 108 valence electrons. The van der Waals surface area contributed by atoms with Gasteiger partial charge in [-0.1, -0.05) is 0 Å². The Morgan fingerprint density at radius 3 is 2.33 bits per heavy atom. The van der Waals surface area contributed by atoms with Crippen molar-refractivity contribution in [3.05, 3.63) is 64.5 Å². The molecule has 6 nitrogen and oxygen atoms in total. The molecule has 21 heavy (non-hydrogen) atoms. The van der Waals surface area contributed by atoms with Gasteiger partial charge in [-0.15, -0.1) is 0 Å². The first-order valence-electron chi connectivity index (χ1n) is 6.49. The van der Waals surface area contributed by atoms with Crippen LogP contribution in [-0.2, 0) is 6.54 Å². The van der Waals surface area contributed by atoms with Gasteiger partial charge in [0.05, 0.1) is 11.5 Å². The van der Waals surface area contributed by atoms with E-state index in [1.54, 1.807) is 29.1 Å². The van der Waals surface area contributed by atoms with Crippen LogP contribution in [0.2, 0.25) is 0 Å². The molecule has 0 atom stereocenters. The second kappa shape index (κ2) is 6.60. The van der Waals surface area contributed by atoms with Gasteiger partial charge in [-0.2, -0.15) is 4.57 Å². The van der Waals surface area contributed by atoms with E-state index in [2.05, 4.69) is 0 Å². The number of ether oxygens (including phenoxy) is 1. The molecule has 0 aliphatic carbocycles. The van der Waals surface area contributed by atoms with Gasteiger partial charge < -0.3 is 4.74 Å². The average Bonchev–Trinajstić information content (AvgIpc) is 2.49. The summed E-state index contributed by atoms with van der Waals surface area (Å²) in [6.07, 6.45) is 3.52. The van der Waals surface area contributed by atoms with Crippen LogP contribution >= 0.6 is 0 Å². The molecule has 0 unspecified atom stereocenters. The molecule has 0 spiro atoms. The lowest BCUT2D eigenvalue weighted by Crippen LogP contribution is -2.36. The zero-order valence-electron chi connectivity index (χ0n) is 11.6. The predicted molar refractivity (Wildman–Crippen MR) is 75.2 cm³/mol. The number of Topliss-reactive ketones (excluding diaryl/α,β-unsaturated/α-hetero) is 1. The van der Waals surface area contributed by atoms with E-state index in [9.17, 15) is 14.9 Å². The second-order valence-corrected chi connectivity index (χ2v) is 4.37. The summed E-state index contributed by atoms with van der Waals surface area (Å²) in [6, 6.07) is 9.16. The fraction of sp³-hybridized carbons (Fsp3) is 0.200. The molecule has 1 heterocycles. The molecular formula is C15H15N2O4+. The number of carbonyl (C=O) groups is 1. The zero-order chi connectivity index (χ0) is 15.2. The number of nitro benzene ring substituents is 1. The van der Waals surface area contributed by atoms with E-state index in [0.29, 0.717) is 12.2 Å². The molecule has 0 radical (unpaired) electrons. The lowest BCUT2D eigenvalue weighted by molar-refractivity contribution is -0.683. The predicted octanol–water partition coefficient (Wildman–Crippen LogP) is 2.16. The Labute approximate surface area is 121 Å². The number of ketones is 1. The minimum Gasteiger partial charge on any atom is -0.493 e. The quantitative estimate of drug-likeness (QED) is 0.353. The van der Waals surface area contributed by atoms with E-state index in [4.69, 9.17) is 4.74 Å². The summed E-state index contributed by atoms with van der Waals surface area (Å²) < 4.78 is 7.05. The molecule has 2 rings (SSSR count). The Bertz CT molecular complexity index is 636. The Hall–Kier alpha value is -2.76. The smallest absolute Gasteiger partial charge is 0.269 e. The number of pyridine rings is 1. The molecule has 0 fully saturated rings. The molecule has 0 amide bonds. The maximum Gasteiger partial charge on any atom is 0.269 e. The Morgan fingerprint density at radius 1 is 1.19 bits per heavy atom. The van der Waals surface area contributed by atoms with Gasteiger partial charge in [0.1, 0.15) is 5.75 Å². The lowest BCUT2D eigenvalue weighted by Gasteiger charge is -2.01. The summed E-state index contributed by atoms with van der Waals surface area (Å²) >= 11 is 0. The van der Waals surface area contributed by atoms with Gasteiger partial charge in [0, 0.05) is 29.8 Å². The first-order chi connectivity index (χ1) is 10.1. The summed E-state index contributed by atoms with van der Waals surface area (Å²) in [6.45, 7) is 2.66. The van der Waals surface area contributed by atoms with Crippen LogP contribution < -0.4 is 9.30 Å². The molecule has 0 N–H and O–H groups in total. The largest absolute Gasteiger partial charge is 0.493 e. The van der Waals surface area contributed by atoms with Crippen LogP contribution in [0.1, 0.15) is 17.3 Å². The summed E-state index contributed by atoms with van der Waals surface area (Å²) in [4.78, 5) is 22.2. The van der Waals surface area contributed by atoms with Gasteiger partial charge in [0.25, 0.3) is 5.69 Å². The highest BCUT2D eigenvalue weighted by Crippen LogP contribution is 2.12. The first kappa shape index (κ1) is 14.6. The molecular weight excluding hydrogens is 272 g/mol. The summed E-state index contributed by atoms with van der Waals surface area (Å²) in [5.41, 5.74) is 0.419. The van der Waals surface area contributed by atoms with Gasteiger partial charge in [-0.25, -0.2) is 0 Å². The third kappa shape index (κ3) is 3.85. The number of benzene rings is 1. The van der Waals surface area contributed by atoms with Gasteiger partial charge >= 0.3 is 0 Å². The van der Waals surface area contributed by atoms with Gasteiger partial charge in [0.15, 0.2) is 12.4 Å². The van der Waals surface area contributed by atoms with Crippen molar-refractivity contribution >= 4 is 11.5 Å². The Morgan fingerprint density at radius 2 is 1.81 bits per heavy atom. The second-order valence-electron chi connectivity index (χ2n) is 4.37. The lowest BCUT2D eigenvalue weighted by atomic mass is 10.1. The number of hydrogen-bond acceptors (Lipinski definition) is 4. The number of rotatable bonds is 6. The van der Waals surface area contributed by atoms with Crippen LogP contribution in [0, 0.1) is 10.1 Å². The maximum atomic E-state index is 12.1. The summed E-state index contributed by atoms with van der Waals surface area (Å²) in [7, 11) is 0. The van der Waals surface area contributed by atoms with E-state index >= 15 is 0 Å². The number of aromatic nitrogens is 1. The maximum absolute atomic E-state index is 12.1. The first-order valence-corrected chi connectivity index (χ1v) is 6.49. The zero-order valence-corrected chi connectivity index (χ0v) is 11.6. The molecule has 1 aromatic heterocycles. The van der Waals surface area contributed by atoms with E-state index in [-0.39, 0.29) is 18.0 Å². The van der Waals surface area contributed by atoms with Gasteiger partial charge in [-0.3, -0.25) is 14.9 Å². The number of hydrogen-bond donors (Lipinski definition) is 0. The minimum absolute atomic E-state index is 0.0275. The van der Waals surface area contributed by atoms with Crippen molar-refractivity contribution in [1.29, 1.82) is 0 Å². The Kier molecular flexibility index (Phi) is 4.61. The highest BCUT2D eigenvalue weighted by Gasteiger charge is 2.14. The van der Waals surface area contributed by atoms with E-state index < -0.39 is 4.92 Å². The molecule has 6 heteroatoms. The van der Waals surface area contributed by atoms with Gasteiger partial charge in [0.2, 0.25) is 12.3 Å². The van der Waals surface area contributed by atoms with Crippen LogP contribution in [0.3, 0.4) is 0 Å². The highest BCUT2D eigenvalue weighted by molar-refractivity contribution is 5.95. The van der Waals surface area contributed by atoms with E-state index in [1.807, 2.05) is 6.92 Å². The number of nitro groups is 1. The molecule has 0 saturated heterocycles. The molecule has 0 aliphatic heterocycles. The third-order valence-electron chi connectivity index (χ3n) is 2.90. The van der Waals surface area contributed by atoms with Crippen LogP contribution in [0.4, 0.5) is 5.69 Å².